The van der Waals surface area contributed by atoms with Crippen LogP contribution in [0.15, 0.2) is 46.9 Å². The van der Waals surface area contributed by atoms with E-state index in [1.807, 2.05) is 43.3 Å². The molecule has 106 valence electrons. The zero-order valence-electron chi connectivity index (χ0n) is 11.1. The number of anilines is 1. The van der Waals surface area contributed by atoms with Crippen molar-refractivity contribution in [2.75, 3.05) is 5.32 Å². The molecule has 0 radical (unpaired) electrons. The van der Waals surface area contributed by atoms with Crippen LogP contribution in [0.3, 0.4) is 0 Å². The fraction of sp³-hybridized carbons (Fsp3) is 0.0625. The van der Waals surface area contributed by atoms with Crippen molar-refractivity contribution in [3.8, 4) is 0 Å². The summed E-state index contributed by atoms with van der Waals surface area (Å²) in [7, 11) is 0. The summed E-state index contributed by atoms with van der Waals surface area (Å²) in [5, 5.41) is 4.60. The predicted molar refractivity (Wildman–Crippen MR) is 93.7 cm³/mol. The molecule has 0 atom stereocenters. The molecule has 0 aliphatic rings. The minimum absolute atomic E-state index is 0.128. The number of halogens is 2. The maximum absolute atomic E-state index is 12.4. The van der Waals surface area contributed by atoms with E-state index in [-0.39, 0.29) is 5.91 Å². The molecule has 0 saturated heterocycles. The van der Waals surface area contributed by atoms with Gasteiger partial charge in [0.25, 0.3) is 5.91 Å². The lowest BCUT2D eigenvalue weighted by Crippen LogP contribution is -2.10. The smallest absolute Gasteiger partial charge is 0.265 e. The third kappa shape index (κ3) is 2.98. The van der Waals surface area contributed by atoms with E-state index >= 15 is 0 Å². The third-order valence-corrected chi connectivity index (χ3v) is 5.32. The van der Waals surface area contributed by atoms with Gasteiger partial charge in [-0.25, -0.2) is 0 Å². The van der Waals surface area contributed by atoms with Gasteiger partial charge in [0, 0.05) is 14.2 Å². The van der Waals surface area contributed by atoms with E-state index in [0.717, 1.165) is 20.1 Å². The topological polar surface area (TPSA) is 29.1 Å². The number of nitrogens with one attached hydrogen (secondary N) is 1. The van der Waals surface area contributed by atoms with Crippen LogP contribution >= 0.6 is 38.9 Å². The number of aryl methyl sites for hydroxylation is 1. The molecule has 0 spiro atoms. The van der Waals surface area contributed by atoms with Gasteiger partial charge >= 0.3 is 0 Å². The molecule has 0 aliphatic heterocycles. The summed E-state index contributed by atoms with van der Waals surface area (Å²) >= 11 is 11.0. The lowest BCUT2D eigenvalue weighted by atomic mass is 10.2. The third-order valence-electron chi connectivity index (χ3n) is 3.15. The molecule has 21 heavy (non-hydrogen) atoms. The summed E-state index contributed by atoms with van der Waals surface area (Å²) in [6, 6.07) is 13.5. The predicted octanol–water partition coefficient (Wildman–Crippen LogP) is 5.88. The number of carbonyl (C=O) groups is 1. The van der Waals surface area contributed by atoms with Crippen LogP contribution in [0.25, 0.3) is 10.1 Å². The highest BCUT2D eigenvalue weighted by Gasteiger charge is 2.13. The van der Waals surface area contributed by atoms with Gasteiger partial charge in [-0.1, -0.05) is 29.8 Å². The van der Waals surface area contributed by atoms with Crippen molar-refractivity contribution in [3.63, 3.8) is 0 Å². The van der Waals surface area contributed by atoms with Gasteiger partial charge in [0.05, 0.1) is 10.6 Å². The first-order valence-corrected chi connectivity index (χ1v) is 8.29. The molecular weight excluding hydrogens is 370 g/mol. The lowest BCUT2D eigenvalue weighted by molar-refractivity contribution is 0.103. The van der Waals surface area contributed by atoms with Crippen molar-refractivity contribution in [2.45, 2.75) is 6.92 Å². The summed E-state index contributed by atoms with van der Waals surface area (Å²) in [5.74, 6) is -0.128. The highest BCUT2D eigenvalue weighted by Crippen LogP contribution is 2.31. The molecule has 2 nitrogen and oxygen atoms in total. The van der Waals surface area contributed by atoms with Crippen LogP contribution in [-0.2, 0) is 0 Å². The zero-order chi connectivity index (χ0) is 15.0. The monoisotopic (exact) mass is 379 g/mol. The van der Waals surface area contributed by atoms with Crippen LogP contribution in [0, 0.1) is 6.92 Å². The number of rotatable bonds is 2. The van der Waals surface area contributed by atoms with Crippen LogP contribution in [0.1, 0.15) is 15.2 Å². The van der Waals surface area contributed by atoms with Crippen LogP contribution in [0.5, 0.6) is 0 Å². The average Bonchev–Trinajstić information content (AvgIpc) is 2.88. The molecule has 3 rings (SSSR count). The van der Waals surface area contributed by atoms with E-state index in [1.165, 1.54) is 11.3 Å². The first-order valence-electron chi connectivity index (χ1n) is 6.30. The Morgan fingerprint density at radius 1 is 1.24 bits per heavy atom. The molecule has 1 amide bonds. The van der Waals surface area contributed by atoms with E-state index < -0.39 is 0 Å². The first-order chi connectivity index (χ1) is 10.0. The fourth-order valence-electron chi connectivity index (χ4n) is 2.02. The quantitative estimate of drug-likeness (QED) is 0.591. The first kappa shape index (κ1) is 14.6. The van der Waals surface area contributed by atoms with Gasteiger partial charge in [-0.2, -0.15) is 0 Å². The lowest BCUT2D eigenvalue weighted by Gasteiger charge is -2.08. The zero-order valence-corrected chi connectivity index (χ0v) is 14.3. The van der Waals surface area contributed by atoms with E-state index in [2.05, 4.69) is 21.2 Å². The van der Waals surface area contributed by atoms with E-state index in [9.17, 15) is 4.79 Å². The molecule has 0 saturated carbocycles. The Bertz CT molecular complexity index is 810. The summed E-state index contributed by atoms with van der Waals surface area (Å²) in [6.45, 7) is 1.92. The van der Waals surface area contributed by atoms with E-state index in [0.29, 0.717) is 15.6 Å². The Morgan fingerprint density at radius 2 is 2.00 bits per heavy atom. The molecule has 2 aromatic carbocycles. The van der Waals surface area contributed by atoms with Crippen molar-refractivity contribution >= 4 is 60.5 Å². The second-order valence-electron chi connectivity index (χ2n) is 4.68. The van der Waals surface area contributed by atoms with Gasteiger partial charge < -0.3 is 5.32 Å². The molecule has 1 aromatic heterocycles. The number of thiophene rings is 1. The highest BCUT2D eigenvalue weighted by atomic mass is 79.9. The minimum Gasteiger partial charge on any atom is -0.320 e. The largest absolute Gasteiger partial charge is 0.320 e. The maximum Gasteiger partial charge on any atom is 0.265 e. The second kappa shape index (κ2) is 5.79. The summed E-state index contributed by atoms with van der Waals surface area (Å²) < 4.78 is 1.92. The Hall–Kier alpha value is -1.36. The Balaban J connectivity index is 1.91. The number of benzene rings is 2. The van der Waals surface area contributed by atoms with Crippen LogP contribution in [-0.4, -0.2) is 5.91 Å². The van der Waals surface area contributed by atoms with Crippen LogP contribution < -0.4 is 5.32 Å². The van der Waals surface area contributed by atoms with Gasteiger partial charge in [0.1, 0.15) is 0 Å². The Morgan fingerprint density at radius 3 is 2.76 bits per heavy atom. The fourth-order valence-corrected chi connectivity index (χ4v) is 3.70. The van der Waals surface area contributed by atoms with Crippen LogP contribution in [0.2, 0.25) is 5.02 Å². The van der Waals surface area contributed by atoms with Gasteiger partial charge in [0.2, 0.25) is 0 Å². The van der Waals surface area contributed by atoms with Gasteiger partial charge in [-0.3, -0.25) is 4.79 Å². The summed E-state index contributed by atoms with van der Waals surface area (Å²) in [5.41, 5.74) is 1.64. The van der Waals surface area contributed by atoms with Crippen molar-refractivity contribution < 1.29 is 4.79 Å². The SMILES string of the molecule is Cc1cc(Br)c(NC(=O)c2cc3ccccc3s2)cc1Cl. The van der Waals surface area contributed by atoms with Crippen molar-refractivity contribution in [2.24, 2.45) is 0 Å². The van der Waals surface area contributed by atoms with E-state index in [4.69, 9.17) is 11.6 Å². The van der Waals surface area contributed by atoms with Crippen molar-refractivity contribution in [3.05, 3.63) is 62.4 Å². The maximum atomic E-state index is 12.4. The molecular formula is C16H11BrClNOS. The number of amides is 1. The molecule has 5 heteroatoms. The molecule has 0 bridgehead atoms. The minimum atomic E-state index is -0.128. The van der Waals surface area contributed by atoms with Crippen LogP contribution in [0.4, 0.5) is 5.69 Å². The average molecular weight is 381 g/mol. The number of hydrogen-bond donors (Lipinski definition) is 1. The molecule has 0 aliphatic carbocycles. The van der Waals surface area contributed by atoms with Crippen molar-refractivity contribution in [1.82, 2.24) is 0 Å². The molecule has 3 aromatic rings. The highest BCUT2D eigenvalue weighted by molar-refractivity contribution is 9.10. The van der Waals surface area contributed by atoms with Crippen molar-refractivity contribution in [1.29, 1.82) is 0 Å². The van der Waals surface area contributed by atoms with Gasteiger partial charge in [-0.05, 0) is 58.1 Å². The Kier molecular flexibility index (Phi) is 4.02. The number of carbonyl (C=O) groups excluding carboxylic acids is 1. The number of fused-ring (bicyclic) bond motifs is 1. The summed E-state index contributed by atoms with van der Waals surface area (Å²) in [6.07, 6.45) is 0. The van der Waals surface area contributed by atoms with E-state index in [1.54, 1.807) is 6.07 Å². The second-order valence-corrected chi connectivity index (χ2v) is 7.03. The van der Waals surface area contributed by atoms with Gasteiger partial charge in [-0.15, -0.1) is 11.3 Å². The Labute approximate surface area is 139 Å². The standard InChI is InChI=1S/C16H11BrClNOS/c1-9-6-11(17)13(8-12(9)18)19-16(20)15-7-10-4-2-3-5-14(10)21-15/h2-8H,1H3,(H,19,20). The molecule has 0 fully saturated rings. The normalized spacial score (nSPS) is 10.8. The molecule has 0 unspecified atom stereocenters. The molecule has 1 N–H and O–H groups in total. The van der Waals surface area contributed by atoms with Gasteiger partial charge in [0.15, 0.2) is 0 Å². The summed E-state index contributed by atoms with van der Waals surface area (Å²) in [4.78, 5) is 13.0. The molecule has 1 heterocycles. The number of hydrogen-bond acceptors (Lipinski definition) is 2.